The third kappa shape index (κ3) is 4.66. The van der Waals surface area contributed by atoms with Crippen LogP contribution in [0.4, 0.5) is 0 Å². The number of rotatable bonds is 8. The summed E-state index contributed by atoms with van der Waals surface area (Å²) in [6, 6.07) is 17.4. The molecule has 4 rings (SSSR count). The first kappa shape index (κ1) is 20.4. The fraction of sp³-hybridized carbons (Fsp3) is 0.208. The standard InChI is InChI=1S/C24H25N5O2/c1-3-4-13-31-18-11-9-17(10-12-18)22-14-23(28-27-22)24(30)29-25-15-20-16(2)26-21-8-6-5-7-19(20)21/h5-12,14-15,26H,3-4,13H2,1-2H3,(H,27,28)(H,29,30)/b25-15+. The number of hydrazone groups is 1. The van der Waals surface area contributed by atoms with Crippen molar-refractivity contribution in [2.24, 2.45) is 5.10 Å². The molecule has 0 aliphatic heterocycles. The van der Waals surface area contributed by atoms with Gasteiger partial charge in [-0.15, -0.1) is 0 Å². The van der Waals surface area contributed by atoms with Gasteiger partial charge in [0.2, 0.25) is 0 Å². The van der Waals surface area contributed by atoms with Crippen molar-refractivity contribution in [1.29, 1.82) is 0 Å². The number of carbonyl (C=O) groups excluding carboxylic acids is 1. The van der Waals surface area contributed by atoms with Crippen LogP contribution in [-0.4, -0.2) is 33.9 Å². The first-order chi connectivity index (χ1) is 15.2. The predicted molar refractivity (Wildman–Crippen MR) is 123 cm³/mol. The van der Waals surface area contributed by atoms with E-state index in [1.54, 1.807) is 12.3 Å². The van der Waals surface area contributed by atoms with Gasteiger partial charge in [-0.2, -0.15) is 10.2 Å². The van der Waals surface area contributed by atoms with Gasteiger partial charge < -0.3 is 9.72 Å². The highest BCUT2D eigenvalue weighted by molar-refractivity contribution is 6.01. The van der Waals surface area contributed by atoms with Gasteiger partial charge in [-0.3, -0.25) is 9.89 Å². The highest BCUT2D eigenvalue weighted by Crippen LogP contribution is 2.22. The lowest BCUT2D eigenvalue weighted by atomic mass is 10.1. The number of unbranched alkanes of at least 4 members (excludes halogenated alkanes) is 1. The van der Waals surface area contributed by atoms with E-state index in [2.05, 4.69) is 32.6 Å². The molecular weight excluding hydrogens is 390 g/mol. The van der Waals surface area contributed by atoms with Crippen LogP contribution in [0, 0.1) is 6.92 Å². The smallest absolute Gasteiger partial charge is 0.289 e. The summed E-state index contributed by atoms with van der Waals surface area (Å²) >= 11 is 0. The molecule has 7 heteroatoms. The molecule has 0 bridgehead atoms. The Balaban J connectivity index is 1.40. The van der Waals surface area contributed by atoms with Gasteiger partial charge in [-0.25, -0.2) is 5.43 Å². The van der Waals surface area contributed by atoms with Crippen LogP contribution in [0.1, 0.15) is 41.5 Å². The number of H-pyrrole nitrogens is 2. The summed E-state index contributed by atoms with van der Waals surface area (Å²) in [6.45, 7) is 4.82. The number of nitrogens with zero attached hydrogens (tertiary/aromatic N) is 2. The number of para-hydroxylation sites is 1. The maximum absolute atomic E-state index is 12.4. The van der Waals surface area contributed by atoms with Gasteiger partial charge in [0, 0.05) is 27.7 Å². The number of aryl methyl sites for hydroxylation is 1. The summed E-state index contributed by atoms with van der Waals surface area (Å²) in [5, 5.41) is 12.2. The molecule has 4 aromatic rings. The second-order valence-corrected chi connectivity index (χ2v) is 7.30. The first-order valence-electron chi connectivity index (χ1n) is 10.3. The van der Waals surface area contributed by atoms with E-state index in [1.165, 1.54) is 0 Å². The zero-order valence-corrected chi connectivity index (χ0v) is 17.6. The Kier molecular flexibility index (Phi) is 6.12. The Hall–Kier alpha value is -3.87. The number of hydrogen-bond donors (Lipinski definition) is 3. The molecule has 0 atom stereocenters. The van der Waals surface area contributed by atoms with Crippen LogP contribution >= 0.6 is 0 Å². The van der Waals surface area contributed by atoms with E-state index in [4.69, 9.17) is 4.74 Å². The van der Waals surface area contributed by atoms with Gasteiger partial charge in [0.15, 0.2) is 0 Å². The van der Waals surface area contributed by atoms with Crippen molar-refractivity contribution in [3.8, 4) is 17.0 Å². The van der Waals surface area contributed by atoms with Crippen LogP contribution in [0.3, 0.4) is 0 Å². The molecule has 0 aliphatic rings. The van der Waals surface area contributed by atoms with Gasteiger partial charge in [-0.05, 0) is 49.7 Å². The maximum Gasteiger partial charge on any atom is 0.289 e. The maximum atomic E-state index is 12.4. The zero-order chi connectivity index (χ0) is 21.6. The minimum Gasteiger partial charge on any atom is -0.494 e. The summed E-state index contributed by atoms with van der Waals surface area (Å²) in [5.41, 5.74) is 7.45. The van der Waals surface area contributed by atoms with Crippen molar-refractivity contribution < 1.29 is 9.53 Å². The average Bonchev–Trinajstić information content (AvgIpc) is 3.39. The van der Waals surface area contributed by atoms with E-state index < -0.39 is 0 Å². The monoisotopic (exact) mass is 415 g/mol. The van der Waals surface area contributed by atoms with Crippen molar-refractivity contribution in [1.82, 2.24) is 20.6 Å². The number of aromatic nitrogens is 3. The quantitative estimate of drug-likeness (QED) is 0.219. The minimum absolute atomic E-state index is 0.339. The molecule has 1 amide bonds. The molecule has 3 N–H and O–H groups in total. The van der Waals surface area contributed by atoms with Crippen molar-refractivity contribution in [2.45, 2.75) is 26.7 Å². The van der Waals surface area contributed by atoms with Crippen LogP contribution in [0.5, 0.6) is 5.75 Å². The Morgan fingerprint density at radius 3 is 2.81 bits per heavy atom. The second kappa shape index (κ2) is 9.30. The van der Waals surface area contributed by atoms with Crippen LogP contribution in [0.2, 0.25) is 0 Å². The molecule has 0 aliphatic carbocycles. The van der Waals surface area contributed by atoms with E-state index >= 15 is 0 Å². The molecule has 2 heterocycles. The molecule has 2 aromatic carbocycles. The number of fused-ring (bicyclic) bond motifs is 1. The number of hydrogen-bond acceptors (Lipinski definition) is 4. The molecule has 0 spiro atoms. The number of amides is 1. The van der Waals surface area contributed by atoms with E-state index in [-0.39, 0.29) is 5.91 Å². The fourth-order valence-electron chi connectivity index (χ4n) is 3.32. The number of ether oxygens (including phenoxy) is 1. The number of benzene rings is 2. The molecule has 0 radical (unpaired) electrons. The Morgan fingerprint density at radius 1 is 1.19 bits per heavy atom. The minimum atomic E-state index is -0.355. The SMILES string of the molecule is CCCCOc1ccc(-c2cc(C(=O)N/N=C/c3c(C)[nH]c4ccccc34)[nH]n2)cc1. The van der Waals surface area contributed by atoms with Crippen molar-refractivity contribution in [3.05, 3.63) is 71.5 Å². The largest absolute Gasteiger partial charge is 0.494 e. The highest BCUT2D eigenvalue weighted by atomic mass is 16.5. The summed E-state index contributed by atoms with van der Waals surface area (Å²) in [7, 11) is 0. The lowest BCUT2D eigenvalue weighted by molar-refractivity contribution is 0.0950. The molecule has 2 aromatic heterocycles. The zero-order valence-electron chi connectivity index (χ0n) is 17.6. The van der Waals surface area contributed by atoms with Crippen molar-refractivity contribution >= 4 is 23.0 Å². The third-order valence-corrected chi connectivity index (χ3v) is 5.04. The number of nitrogens with one attached hydrogen (secondary N) is 3. The van der Waals surface area contributed by atoms with Crippen molar-refractivity contribution in [2.75, 3.05) is 6.61 Å². The molecule has 158 valence electrons. The van der Waals surface area contributed by atoms with Gasteiger partial charge in [0.05, 0.1) is 18.5 Å². The molecule has 0 saturated heterocycles. The topological polar surface area (TPSA) is 95.2 Å². The highest BCUT2D eigenvalue weighted by Gasteiger charge is 2.11. The molecule has 0 saturated carbocycles. The molecule has 0 fully saturated rings. The van der Waals surface area contributed by atoms with Gasteiger partial charge in [0.1, 0.15) is 11.4 Å². The summed E-state index contributed by atoms with van der Waals surface area (Å²) < 4.78 is 5.68. The van der Waals surface area contributed by atoms with Crippen molar-refractivity contribution in [3.63, 3.8) is 0 Å². The fourth-order valence-corrected chi connectivity index (χ4v) is 3.32. The molecule has 31 heavy (non-hydrogen) atoms. The summed E-state index contributed by atoms with van der Waals surface area (Å²) in [6.07, 6.45) is 3.78. The van der Waals surface area contributed by atoms with Gasteiger partial charge in [0.25, 0.3) is 5.91 Å². The molecule has 0 unspecified atom stereocenters. The molecule has 7 nitrogen and oxygen atoms in total. The summed E-state index contributed by atoms with van der Waals surface area (Å²) in [4.78, 5) is 15.8. The predicted octanol–water partition coefficient (Wildman–Crippen LogP) is 4.81. The van der Waals surface area contributed by atoms with Crippen LogP contribution in [0.25, 0.3) is 22.2 Å². The Bertz CT molecular complexity index is 1200. The second-order valence-electron chi connectivity index (χ2n) is 7.30. The van der Waals surface area contributed by atoms with E-state index in [0.717, 1.165) is 46.3 Å². The lowest BCUT2D eigenvalue weighted by Gasteiger charge is -2.05. The number of carbonyl (C=O) groups is 1. The first-order valence-corrected chi connectivity index (χ1v) is 10.3. The third-order valence-electron chi connectivity index (χ3n) is 5.04. The molecular formula is C24H25N5O2. The average molecular weight is 415 g/mol. The van der Waals surface area contributed by atoms with Crippen LogP contribution in [-0.2, 0) is 0 Å². The van der Waals surface area contributed by atoms with Crippen LogP contribution in [0.15, 0.2) is 59.7 Å². The van der Waals surface area contributed by atoms with Gasteiger partial charge >= 0.3 is 0 Å². The summed E-state index contributed by atoms with van der Waals surface area (Å²) in [5.74, 6) is 0.472. The van der Waals surface area contributed by atoms with E-state index in [1.807, 2.05) is 55.5 Å². The van der Waals surface area contributed by atoms with E-state index in [0.29, 0.717) is 18.0 Å². The van der Waals surface area contributed by atoms with Crippen LogP contribution < -0.4 is 10.2 Å². The lowest BCUT2D eigenvalue weighted by Crippen LogP contribution is -2.18. The normalized spacial score (nSPS) is 11.3. The van der Waals surface area contributed by atoms with E-state index in [9.17, 15) is 4.79 Å². The Morgan fingerprint density at radius 2 is 2.00 bits per heavy atom. The van der Waals surface area contributed by atoms with Gasteiger partial charge in [-0.1, -0.05) is 31.5 Å². The number of aromatic amines is 2. The Labute approximate surface area is 180 Å².